The number of benzene rings is 2. The zero-order chi connectivity index (χ0) is 16.4. The van der Waals surface area contributed by atoms with Crippen molar-refractivity contribution in [1.82, 2.24) is 0 Å². The summed E-state index contributed by atoms with van der Waals surface area (Å²) in [5, 5.41) is 2.40. The molecule has 1 aliphatic rings. The van der Waals surface area contributed by atoms with Gasteiger partial charge < -0.3 is 10.2 Å². The first-order chi connectivity index (χ1) is 11.0. The summed E-state index contributed by atoms with van der Waals surface area (Å²) in [5.41, 5.74) is 2.00. The van der Waals surface area contributed by atoms with Gasteiger partial charge in [0.1, 0.15) is 6.42 Å². The van der Waals surface area contributed by atoms with Gasteiger partial charge in [-0.2, -0.15) is 0 Å². The highest BCUT2D eigenvalue weighted by Gasteiger charge is 2.25. The van der Waals surface area contributed by atoms with E-state index in [1.54, 1.807) is 4.90 Å². The number of carbonyl (C=O) groups is 2. The summed E-state index contributed by atoms with van der Waals surface area (Å²) in [4.78, 5) is 25.7. The number of hydrogen-bond donors (Lipinski definition) is 1. The number of para-hydroxylation sites is 1. The summed E-state index contributed by atoms with van der Waals surface area (Å²) in [7, 11) is 0. The molecule has 118 valence electrons. The molecule has 0 saturated carbocycles. The molecule has 0 radical (unpaired) electrons. The van der Waals surface area contributed by atoms with E-state index >= 15 is 0 Å². The second-order valence-electron chi connectivity index (χ2n) is 5.28. The van der Waals surface area contributed by atoms with E-state index in [9.17, 15) is 18.4 Å². The quantitative estimate of drug-likeness (QED) is 0.885. The SMILES string of the molecule is O=C(CC(=O)N1CCc2ccccc21)Nc1ccc(F)c(F)c1. The standard InChI is InChI=1S/C17H14F2N2O2/c18-13-6-5-12(9-14(13)19)20-16(22)10-17(23)21-8-7-11-3-1-2-4-15(11)21/h1-6,9H,7-8,10H2,(H,20,22). The Morgan fingerprint density at radius 3 is 2.65 bits per heavy atom. The maximum atomic E-state index is 13.1. The lowest BCUT2D eigenvalue weighted by Crippen LogP contribution is -2.32. The van der Waals surface area contributed by atoms with Gasteiger partial charge in [-0.25, -0.2) is 8.78 Å². The van der Waals surface area contributed by atoms with Gasteiger partial charge in [0.2, 0.25) is 11.8 Å². The number of hydrogen-bond acceptors (Lipinski definition) is 2. The van der Waals surface area contributed by atoms with Crippen LogP contribution in [0, 0.1) is 11.6 Å². The van der Waals surface area contributed by atoms with Gasteiger partial charge in [0, 0.05) is 24.0 Å². The lowest BCUT2D eigenvalue weighted by molar-refractivity contribution is -0.125. The van der Waals surface area contributed by atoms with E-state index < -0.39 is 17.5 Å². The average molecular weight is 316 g/mol. The van der Waals surface area contributed by atoms with Crippen molar-refractivity contribution in [2.45, 2.75) is 12.8 Å². The van der Waals surface area contributed by atoms with E-state index in [0.29, 0.717) is 6.54 Å². The van der Waals surface area contributed by atoms with Crippen molar-refractivity contribution in [3.05, 3.63) is 59.7 Å². The smallest absolute Gasteiger partial charge is 0.236 e. The Labute approximate surface area is 131 Å². The van der Waals surface area contributed by atoms with Crippen LogP contribution < -0.4 is 10.2 Å². The van der Waals surface area contributed by atoms with E-state index in [1.165, 1.54) is 6.07 Å². The molecule has 0 spiro atoms. The van der Waals surface area contributed by atoms with Crippen LogP contribution in [0.1, 0.15) is 12.0 Å². The van der Waals surface area contributed by atoms with Crippen molar-refractivity contribution in [3.8, 4) is 0 Å². The Morgan fingerprint density at radius 2 is 1.87 bits per heavy atom. The molecule has 0 saturated heterocycles. The maximum Gasteiger partial charge on any atom is 0.236 e. The Kier molecular flexibility index (Phi) is 4.06. The van der Waals surface area contributed by atoms with E-state index in [0.717, 1.165) is 29.8 Å². The highest BCUT2D eigenvalue weighted by Crippen LogP contribution is 2.27. The van der Waals surface area contributed by atoms with Crippen LogP contribution in [0.5, 0.6) is 0 Å². The summed E-state index contributed by atoms with van der Waals surface area (Å²) in [6, 6.07) is 10.6. The molecular weight excluding hydrogens is 302 g/mol. The largest absolute Gasteiger partial charge is 0.326 e. The molecule has 2 aromatic carbocycles. The van der Waals surface area contributed by atoms with E-state index in [2.05, 4.69) is 5.32 Å². The first kappa shape index (κ1) is 15.1. The molecule has 0 unspecified atom stereocenters. The number of amides is 2. The summed E-state index contributed by atoms with van der Waals surface area (Å²) in [6.07, 6.45) is 0.403. The normalized spacial score (nSPS) is 12.9. The molecule has 0 aliphatic carbocycles. The van der Waals surface area contributed by atoms with Crippen LogP contribution in [0.25, 0.3) is 0 Å². The number of anilines is 2. The zero-order valence-corrected chi connectivity index (χ0v) is 12.2. The second-order valence-corrected chi connectivity index (χ2v) is 5.28. The fraction of sp³-hybridized carbons (Fsp3) is 0.176. The lowest BCUT2D eigenvalue weighted by Gasteiger charge is -2.17. The van der Waals surface area contributed by atoms with E-state index in [-0.39, 0.29) is 18.0 Å². The molecule has 3 rings (SSSR count). The second kappa shape index (κ2) is 6.16. The van der Waals surface area contributed by atoms with Gasteiger partial charge in [-0.15, -0.1) is 0 Å². The molecule has 4 nitrogen and oxygen atoms in total. The first-order valence-corrected chi connectivity index (χ1v) is 7.18. The third-order valence-corrected chi connectivity index (χ3v) is 3.70. The Hall–Kier alpha value is -2.76. The highest BCUT2D eigenvalue weighted by atomic mass is 19.2. The first-order valence-electron chi connectivity index (χ1n) is 7.18. The van der Waals surface area contributed by atoms with Crippen LogP contribution in [0.4, 0.5) is 20.2 Å². The predicted octanol–water partition coefficient (Wildman–Crippen LogP) is 2.88. The van der Waals surface area contributed by atoms with Gasteiger partial charge in [0.05, 0.1) is 0 Å². The molecule has 0 bridgehead atoms. The zero-order valence-electron chi connectivity index (χ0n) is 12.2. The van der Waals surface area contributed by atoms with Crippen molar-refractivity contribution in [2.24, 2.45) is 0 Å². The number of fused-ring (bicyclic) bond motifs is 1. The van der Waals surface area contributed by atoms with Crippen molar-refractivity contribution in [3.63, 3.8) is 0 Å². The minimum Gasteiger partial charge on any atom is -0.326 e. The van der Waals surface area contributed by atoms with Crippen LogP contribution in [-0.2, 0) is 16.0 Å². The topological polar surface area (TPSA) is 49.4 Å². The van der Waals surface area contributed by atoms with Crippen LogP contribution in [0.3, 0.4) is 0 Å². The molecule has 2 amide bonds. The van der Waals surface area contributed by atoms with Gasteiger partial charge in [-0.1, -0.05) is 18.2 Å². The summed E-state index contributed by atoms with van der Waals surface area (Å²) >= 11 is 0. The van der Waals surface area contributed by atoms with Gasteiger partial charge >= 0.3 is 0 Å². The molecule has 1 heterocycles. The van der Waals surface area contributed by atoms with Crippen LogP contribution >= 0.6 is 0 Å². The molecule has 2 aromatic rings. The molecule has 6 heteroatoms. The van der Waals surface area contributed by atoms with Crippen molar-refractivity contribution < 1.29 is 18.4 Å². The van der Waals surface area contributed by atoms with E-state index in [4.69, 9.17) is 0 Å². The Morgan fingerprint density at radius 1 is 1.09 bits per heavy atom. The monoisotopic (exact) mass is 316 g/mol. The molecule has 23 heavy (non-hydrogen) atoms. The lowest BCUT2D eigenvalue weighted by atomic mass is 10.2. The fourth-order valence-electron chi connectivity index (χ4n) is 2.61. The predicted molar refractivity (Wildman–Crippen MR) is 82.1 cm³/mol. The van der Waals surface area contributed by atoms with Gasteiger partial charge in [-0.3, -0.25) is 9.59 Å². The average Bonchev–Trinajstić information content (AvgIpc) is 2.95. The van der Waals surface area contributed by atoms with Crippen molar-refractivity contribution >= 4 is 23.2 Å². The highest BCUT2D eigenvalue weighted by molar-refractivity contribution is 6.09. The van der Waals surface area contributed by atoms with E-state index in [1.807, 2.05) is 24.3 Å². The van der Waals surface area contributed by atoms with Crippen LogP contribution in [0.2, 0.25) is 0 Å². The van der Waals surface area contributed by atoms with Gasteiger partial charge in [-0.05, 0) is 30.2 Å². The Balaban J connectivity index is 1.64. The van der Waals surface area contributed by atoms with Gasteiger partial charge in [0.25, 0.3) is 0 Å². The fourth-order valence-corrected chi connectivity index (χ4v) is 2.61. The minimum atomic E-state index is -1.05. The summed E-state index contributed by atoms with van der Waals surface area (Å²) in [6.45, 7) is 0.538. The Bertz CT molecular complexity index is 777. The number of rotatable bonds is 3. The van der Waals surface area contributed by atoms with Crippen molar-refractivity contribution in [2.75, 3.05) is 16.8 Å². The molecule has 1 aliphatic heterocycles. The summed E-state index contributed by atoms with van der Waals surface area (Å²) < 4.78 is 25.9. The number of nitrogens with one attached hydrogen (secondary N) is 1. The summed E-state index contributed by atoms with van der Waals surface area (Å²) in [5.74, 6) is -2.93. The molecular formula is C17H14F2N2O2. The number of carbonyl (C=O) groups excluding carboxylic acids is 2. The minimum absolute atomic E-state index is 0.114. The number of halogens is 2. The molecule has 0 fully saturated rings. The maximum absolute atomic E-state index is 13.1. The van der Waals surface area contributed by atoms with Gasteiger partial charge in [0.15, 0.2) is 11.6 Å². The third-order valence-electron chi connectivity index (χ3n) is 3.70. The van der Waals surface area contributed by atoms with Crippen LogP contribution in [0.15, 0.2) is 42.5 Å². The molecule has 0 atom stereocenters. The third kappa shape index (κ3) is 3.21. The van der Waals surface area contributed by atoms with Crippen molar-refractivity contribution in [1.29, 1.82) is 0 Å². The molecule has 0 aromatic heterocycles. The number of nitrogens with zero attached hydrogens (tertiary/aromatic N) is 1. The van der Waals surface area contributed by atoms with Crippen LogP contribution in [-0.4, -0.2) is 18.4 Å². The molecule has 1 N–H and O–H groups in total.